The van der Waals surface area contributed by atoms with E-state index in [0.29, 0.717) is 16.4 Å². The van der Waals surface area contributed by atoms with Gasteiger partial charge in [-0.3, -0.25) is 4.79 Å². The van der Waals surface area contributed by atoms with E-state index < -0.39 is 0 Å². The van der Waals surface area contributed by atoms with Crippen molar-refractivity contribution in [3.63, 3.8) is 0 Å². The predicted molar refractivity (Wildman–Crippen MR) is 93.3 cm³/mol. The lowest BCUT2D eigenvalue weighted by atomic mass is 10.2. The standard InChI is InChI=1S/C18H13ClFN3O/c19-15-3-1-2-4-16(15)23-18(24)17-10-9-14(11-21-17)22-13-7-5-12(20)6-8-13/h1-11,22H,(H,23,24). The summed E-state index contributed by atoms with van der Waals surface area (Å²) in [6.07, 6.45) is 1.53. The van der Waals surface area contributed by atoms with Crippen LogP contribution in [0.25, 0.3) is 0 Å². The molecule has 0 bridgehead atoms. The lowest BCUT2D eigenvalue weighted by molar-refractivity contribution is 0.102. The third kappa shape index (κ3) is 3.88. The highest BCUT2D eigenvalue weighted by molar-refractivity contribution is 6.33. The van der Waals surface area contributed by atoms with Crippen molar-refractivity contribution in [2.75, 3.05) is 10.6 Å². The number of para-hydroxylation sites is 1. The molecule has 24 heavy (non-hydrogen) atoms. The Morgan fingerprint density at radius 3 is 2.33 bits per heavy atom. The van der Waals surface area contributed by atoms with Gasteiger partial charge in [0.05, 0.1) is 22.6 Å². The zero-order chi connectivity index (χ0) is 16.9. The molecule has 0 fully saturated rings. The summed E-state index contributed by atoms with van der Waals surface area (Å²) >= 11 is 6.01. The summed E-state index contributed by atoms with van der Waals surface area (Å²) in [7, 11) is 0. The third-order valence-electron chi connectivity index (χ3n) is 3.25. The molecule has 0 saturated carbocycles. The van der Waals surface area contributed by atoms with Gasteiger partial charge in [-0.1, -0.05) is 23.7 Å². The molecule has 3 rings (SSSR count). The number of hydrogen-bond acceptors (Lipinski definition) is 3. The molecule has 0 aliphatic carbocycles. The average Bonchev–Trinajstić information content (AvgIpc) is 2.59. The van der Waals surface area contributed by atoms with E-state index in [0.717, 1.165) is 5.69 Å². The highest BCUT2D eigenvalue weighted by atomic mass is 35.5. The molecule has 0 radical (unpaired) electrons. The maximum absolute atomic E-state index is 12.9. The Morgan fingerprint density at radius 1 is 0.958 bits per heavy atom. The van der Waals surface area contributed by atoms with Crippen LogP contribution in [0.1, 0.15) is 10.5 Å². The van der Waals surface area contributed by atoms with Crippen LogP contribution in [0.5, 0.6) is 0 Å². The molecule has 0 aliphatic rings. The zero-order valence-electron chi connectivity index (χ0n) is 12.5. The summed E-state index contributed by atoms with van der Waals surface area (Å²) in [5.41, 5.74) is 2.21. The van der Waals surface area contributed by atoms with Gasteiger partial charge in [-0.15, -0.1) is 0 Å². The predicted octanol–water partition coefficient (Wildman–Crippen LogP) is 4.87. The van der Waals surface area contributed by atoms with Gasteiger partial charge < -0.3 is 10.6 Å². The first-order chi connectivity index (χ1) is 11.6. The van der Waals surface area contributed by atoms with Gasteiger partial charge in [0.25, 0.3) is 5.91 Å². The number of nitrogens with zero attached hydrogens (tertiary/aromatic N) is 1. The number of pyridine rings is 1. The second-order valence-electron chi connectivity index (χ2n) is 5.00. The van der Waals surface area contributed by atoms with Gasteiger partial charge in [-0.2, -0.15) is 0 Å². The van der Waals surface area contributed by atoms with Gasteiger partial charge in [0.1, 0.15) is 11.5 Å². The number of aromatic nitrogens is 1. The molecule has 120 valence electrons. The van der Waals surface area contributed by atoms with Crippen molar-refractivity contribution < 1.29 is 9.18 Å². The van der Waals surface area contributed by atoms with Crippen molar-refractivity contribution in [1.29, 1.82) is 0 Å². The fourth-order valence-electron chi connectivity index (χ4n) is 2.05. The quantitative estimate of drug-likeness (QED) is 0.711. The minimum absolute atomic E-state index is 0.263. The smallest absolute Gasteiger partial charge is 0.274 e. The normalized spacial score (nSPS) is 10.2. The van der Waals surface area contributed by atoms with Crippen LogP contribution < -0.4 is 10.6 Å². The summed E-state index contributed by atoms with van der Waals surface area (Å²) in [5.74, 6) is -0.651. The monoisotopic (exact) mass is 341 g/mol. The minimum atomic E-state index is -0.351. The number of carbonyl (C=O) groups excluding carboxylic acids is 1. The minimum Gasteiger partial charge on any atom is -0.354 e. The molecule has 1 amide bonds. The number of anilines is 3. The van der Waals surface area contributed by atoms with Crippen LogP contribution in [0, 0.1) is 5.82 Å². The molecule has 0 saturated heterocycles. The maximum Gasteiger partial charge on any atom is 0.274 e. The van der Waals surface area contributed by atoms with Crippen LogP contribution in [-0.4, -0.2) is 10.9 Å². The Balaban J connectivity index is 1.68. The van der Waals surface area contributed by atoms with Crippen LogP contribution in [0.3, 0.4) is 0 Å². The summed E-state index contributed by atoms with van der Waals surface area (Å²) in [6, 6.07) is 16.3. The van der Waals surface area contributed by atoms with E-state index in [2.05, 4.69) is 15.6 Å². The molecule has 4 nitrogen and oxygen atoms in total. The summed E-state index contributed by atoms with van der Waals surface area (Å²) in [5, 5.41) is 6.24. The number of carbonyl (C=O) groups is 1. The number of rotatable bonds is 4. The zero-order valence-corrected chi connectivity index (χ0v) is 13.2. The first kappa shape index (κ1) is 16.0. The van der Waals surface area contributed by atoms with Crippen LogP contribution in [0.2, 0.25) is 5.02 Å². The number of amides is 1. The molecular formula is C18H13ClFN3O. The van der Waals surface area contributed by atoms with Crippen molar-refractivity contribution in [2.24, 2.45) is 0 Å². The average molecular weight is 342 g/mol. The molecule has 6 heteroatoms. The van der Waals surface area contributed by atoms with E-state index in [4.69, 9.17) is 11.6 Å². The third-order valence-corrected chi connectivity index (χ3v) is 3.58. The molecule has 0 atom stereocenters. The van der Waals surface area contributed by atoms with E-state index in [1.54, 1.807) is 48.5 Å². The number of nitrogens with one attached hydrogen (secondary N) is 2. The lowest BCUT2D eigenvalue weighted by Gasteiger charge is -2.08. The molecule has 2 aromatic carbocycles. The van der Waals surface area contributed by atoms with E-state index in [9.17, 15) is 9.18 Å². The van der Waals surface area contributed by atoms with E-state index in [1.165, 1.54) is 18.3 Å². The first-order valence-corrected chi connectivity index (χ1v) is 7.54. The maximum atomic E-state index is 12.9. The SMILES string of the molecule is O=C(Nc1ccccc1Cl)c1ccc(Nc2ccc(F)cc2)cn1. The Morgan fingerprint density at radius 2 is 1.67 bits per heavy atom. The molecule has 0 unspecified atom stereocenters. The summed E-state index contributed by atoms with van der Waals surface area (Å²) in [6.45, 7) is 0. The Kier molecular flexibility index (Phi) is 4.72. The molecule has 2 N–H and O–H groups in total. The molecule has 1 heterocycles. The lowest BCUT2D eigenvalue weighted by Crippen LogP contribution is -2.13. The van der Waals surface area contributed by atoms with Crippen LogP contribution >= 0.6 is 11.6 Å². The fourth-order valence-corrected chi connectivity index (χ4v) is 2.23. The highest BCUT2D eigenvalue weighted by Crippen LogP contribution is 2.21. The van der Waals surface area contributed by atoms with Crippen molar-refractivity contribution in [1.82, 2.24) is 4.98 Å². The molecule has 0 spiro atoms. The summed E-state index contributed by atoms with van der Waals surface area (Å²) < 4.78 is 12.9. The van der Waals surface area contributed by atoms with Gasteiger partial charge in [-0.05, 0) is 48.5 Å². The first-order valence-electron chi connectivity index (χ1n) is 7.16. The Bertz CT molecular complexity index is 851. The van der Waals surface area contributed by atoms with E-state index in [-0.39, 0.29) is 17.4 Å². The Labute approximate surface area is 143 Å². The van der Waals surface area contributed by atoms with Gasteiger partial charge in [0, 0.05) is 5.69 Å². The van der Waals surface area contributed by atoms with Crippen LogP contribution in [-0.2, 0) is 0 Å². The molecule has 0 aliphatic heterocycles. The largest absolute Gasteiger partial charge is 0.354 e. The summed E-state index contributed by atoms with van der Waals surface area (Å²) in [4.78, 5) is 16.3. The second-order valence-corrected chi connectivity index (χ2v) is 5.41. The van der Waals surface area contributed by atoms with Gasteiger partial charge >= 0.3 is 0 Å². The van der Waals surface area contributed by atoms with E-state index >= 15 is 0 Å². The van der Waals surface area contributed by atoms with Gasteiger partial charge in [0.2, 0.25) is 0 Å². The number of benzene rings is 2. The van der Waals surface area contributed by atoms with Crippen molar-refractivity contribution in [3.05, 3.63) is 83.4 Å². The Hall–Kier alpha value is -2.92. The van der Waals surface area contributed by atoms with Crippen molar-refractivity contribution >= 4 is 34.6 Å². The van der Waals surface area contributed by atoms with E-state index in [1.807, 2.05) is 0 Å². The molecule has 3 aromatic rings. The second kappa shape index (κ2) is 7.10. The van der Waals surface area contributed by atoms with Crippen molar-refractivity contribution in [3.8, 4) is 0 Å². The molecule has 1 aromatic heterocycles. The van der Waals surface area contributed by atoms with Crippen LogP contribution in [0.15, 0.2) is 66.9 Å². The highest BCUT2D eigenvalue weighted by Gasteiger charge is 2.09. The fraction of sp³-hybridized carbons (Fsp3) is 0. The number of hydrogen-bond donors (Lipinski definition) is 2. The van der Waals surface area contributed by atoms with Crippen molar-refractivity contribution in [2.45, 2.75) is 0 Å². The van der Waals surface area contributed by atoms with Gasteiger partial charge in [0.15, 0.2) is 0 Å². The molecular weight excluding hydrogens is 329 g/mol. The van der Waals surface area contributed by atoms with Gasteiger partial charge in [-0.25, -0.2) is 9.37 Å². The van der Waals surface area contributed by atoms with Crippen LogP contribution in [0.4, 0.5) is 21.5 Å². The topological polar surface area (TPSA) is 54.0 Å². The number of halogens is 2.